The fourth-order valence-corrected chi connectivity index (χ4v) is 2.07. The zero-order valence-corrected chi connectivity index (χ0v) is 7.40. The lowest BCUT2D eigenvalue weighted by molar-refractivity contribution is 0.628. The zero-order valence-electron chi connectivity index (χ0n) is 6.58. The molecule has 1 aromatic rings. The standard InChI is InChI=1S/C8H12N2S/c1-5-4-11-8(10-5)7(9)6-2-3-6/h4,6-7H,2-3,9H2,1H3/t7-/m0/s1. The Morgan fingerprint density at radius 2 is 2.45 bits per heavy atom. The number of nitrogens with zero attached hydrogens (tertiary/aromatic N) is 1. The summed E-state index contributed by atoms with van der Waals surface area (Å²) in [6, 6.07) is 0.216. The van der Waals surface area contributed by atoms with Crippen LogP contribution in [0.1, 0.15) is 29.6 Å². The molecule has 1 aromatic heterocycles. The van der Waals surface area contributed by atoms with Crippen molar-refractivity contribution in [3.05, 3.63) is 16.1 Å². The van der Waals surface area contributed by atoms with Crippen molar-refractivity contribution in [3.8, 4) is 0 Å². The molecule has 0 aliphatic heterocycles. The highest BCUT2D eigenvalue weighted by molar-refractivity contribution is 7.09. The molecule has 0 aromatic carbocycles. The molecule has 2 N–H and O–H groups in total. The quantitative estimate of drug-likeness (QED) is 0.732. The van der Waals surface area contributed by atoms with Crippen LogP contribution in [0.15, 0.2) is 5.38 Å². The van der Waals surface area contributed by atoms with Crippen LogP contribution in [0, 0.1) is 12.8 Å². The highest BCUT2D eigenvalue weighted by atomic mass is 32.1. The minimum atomic E-state index is 0.216. The molecule has 60 valence electrons. The maximum atomic E-state index is 5.96. The van der Waals surface area contributed by atoms with E-state index in [1.165, 1.54) is 12.8 Å². The van der Waals surface area contributed by atoms with E-state index in [1.54, 1.807) is 11.3 Å². The summed E-state index contributed by atoms with van der Waals surface area (Å²) in [4.78, 5) is 4.37. The van der Waals surface area contributed by atoms with E-state index < -0.39 is 0 Å². The van der Waals surface area contributed by atoms with Gasteiger partial charge in [0.05, 0.1) is 6.04 Å². The smallest absolute Gasteiger partial charge is 0.110 e. The van der Waals surface area contributed by atoms with Gasteiger partial charge in [-0.25, -0.2) is 4.98 Å². The molecular weight excluding hydrogens is 156 g/mol. The first-order valence-electron chi connectivity index (χ1n) is 3.95. The molecule has 2 nitrogen and oxygen atoms in total. The molecule has 1 saturated carbocycles. The molecule has 0 saturated heterocycles. The molecular formula is C8H12N2S. The Balaban J connectivity index is 2.14. The molecule has 0 radical (unpaired) electrons. The number of hydrogen-bond acceptors (Lipinski definition) is 3. The molecule has 1 atom stereocenters. The maximum Gasteiger partial charge on any atom is 0.110 e. The summed E-state index contributed by atoms with van der Waals surface area (Å²) in [6.07, 6.45) is 2.58. The van der Waals surface area contributed by atoms with Crippen LogP contribution in [-0.4, -0.2) is 4.98 Å². The van der Waals surface area contributed by atoms with Crippen LogP contribution in [0.2, 0.25) is 0 Å². The van der Waals surface area contributed by atoms with E-state index in [4.69, 9.17) is 5.73 Å². The Labute approximate surface area is 70.5 Å². The predicted octanol–water partition coefficient (Wildman–Crippen LogP) is 1.86. The molecule has 0 unspecified atom stereocenters. The van der Waals surface area contributed by atoms with Gasteiger partial charge >= 0.3 is 0 Å². The van der Waals surface area contributed by atoms with Crippen LogP contribution in [0.5, 0.6) is 0 Å². The number of hydrogen-bond donors (Lipinski definition) is 1. The molecule has 1 aliphatic rings. The van der Waals surface area contributed by atoms with Crippen molar-refractivity contribution in [2.75, 3.05) is 0 Å². The number of nitrogens with two attached hydrogens (primary N) is 1. The van der Waals surface area contributed by atoms with E-state index in [2.05, 4.69) is 10.4 Å². The molecule has 2 rings (SSSR count). The van der Waals surface area contributed by atoms with Gasteiger partial charge in [0.1, 0.15) is 5.01 Å². The van der Waals surface area contributed by atoms with Crippen LogP contribution in [-0.2, 0) is 0 Å². The van der Waals surface area contributed by atoms with Gasteiger partial charge in [0.2, 0.25) is 0 Å². The monoisotopic (exact) mass is 168 g/mol. The van der Waals surface area contributed by atoms with Crippen molar-refractivity contribution in [2.45, 2.75) is 25.8 Å². The average molecular weight is 168 g/mol. The Bertz CT molecular complexity index is 252. The average Bonchev–Trinajstić information content (AvgIpc) is 2.74. The molecule has 3 heteroatoms. The van der Waals surface area contributed by atoms with Crippen LogP contribution >= 0.6 is 11.3 Å². The third-order valence-corrected chi connectivity index (χ3v) is 3.12. The first-order valence-corrected chi connectivity index (χ1v) is 4.83. The summed E-state index contributed by atoms with van der Waals surface area (Å²) in [5.74, 6) is 0.723. The first kappa shape index (κ1) is 7.25. The van der Waals surface area contributed by atoms with Crippen LogP contribution < -0.4 is 5.73 Å². The number of thiazole rings is 1. The largest absolute Gasteiger partial charge is 0.322 e. The van der Waals surface area contributed by atoms with Gasteiger partial charge in [0, 0.05) is 11.1 Å². The Morgan fingerprint density at radius 1 is 1.73 bits per heavy atom. The molecule has 0 amide bonds. The summed E-state index contributed by atoms with van der Waals surface area (Å²) in [5.41, 5.74) is 7.06. The lowest BCUT2D eigenvalue weighted by atomic mass is 10.2. The number of aromatic nitrogens is 1. The molecule has 0 bridgehead atoms. The summed E-state index contributed by atoms with van der Waals surface area (Å²) < 4.78 is 0. The van der Waals surface area contributed by atoms with Crippen molar-refractivity contribution in [3.63, 3.8) is 0 Å². The van der Waals surface area contributed by atoms with Crippen LogP contribution in [0.25, 0.3) is 0 Å². The van der Waals surface area contributed by atoms with Crippen molar-refractivity contribution in [2.24, 2.45) is 11.7 Å². The molecule has 1 fully saturated rings. The Morgan fingerprint density at radius 3 is 2.91 bits per heavy atom. The normalized spacial score (nSPS) is 20.2. The van der Waals surface area contributed by atoms with Crippen molar-refractivity contribution < 1.29 is 0 Å². The van der Waals surface area contributed by atoms with E-state index in [0.29, 0.717) is 0 Å². The summed E-state index contributed by atoms with van der Waals surface area (Å²) >= 11 is 1.69. The number of rotatable bonds is 2. The van der Waals surface area contributed by atoms with Gasteiger partial charge in [-0.3, -0.25) is 0 Å². The third-order valence-electron chi connectivity index (χ3n) is 2.05. The maximum absolute atomic E-state index is 5.96. The Hall–Kier alpha value is -0.410. The molecule has 11 heavy (non-hydrogen) atoms. The first-order chi connectivity index (χ1) is 5.27. The van der Waals surface area contributed by atoms with Gasteiger partial charge in [0.25, 0.3) is 0 Å². The molecule has 1 heterocycles. The zero-order chi connectivity index (χ0) is 7.84. The van der Waals surface area contributed by atoms with Gasteiger partial charge in [-0.15, -0.1) is 11.3 Å². The lowest BCUT2D eigenvalue weighted by Crippen LogP contribution is -2.11. The van der Waals surface area contributed by atoms with Crippen molar-refractivity contribution >= 4 is 11.3 Å². The summed E-state index contributed by atoms with van der Waals surface area (Å²) in [6.45, 7) is 2.01. The molecule has 0 spiro atoms. The van der Waals surface area contributed by atoms with E-state index in [-0.39, 0.29) is 6.04 Å². The van der Waals surface area contributed by atoms with E-state index in [1.807, 2.05) is 6.92 Å². The minimum Gasteiger partial charge on any atom is -0.322 e. The number of aryl methyl sites for hydroxylation is 1. The fraction of sp³-hybridized carbons (Fsp3) is 0.625. The second kappa shape index (κ2) is 2.57. The summed E-state index contributed by atoms with van der Waals surface area (Å²) in [5, 5.41) is 3.18. The topological polar surface area (TPSA) is 38.9 Å². The SMILES string of the molecule is Cc1csc([C@@H](N)C2CC2)n1. The van der Waals surface area contributed by atoms with E-state index >= 15 is 0 Å². The van der Waals surface area contributed by atoms with E-state index in [0.717, 1.165) is 16.6 Å². The van der Waals surface area contributed by atoms with Crippen molar-refractivity contribution in [1.29, 1.82) is 0 Å². The van der Waals surface area contributed by atoms with Crippen molar-refractivity contribution in [1.82, 2.24) is 4.98 Å². The third kappa shape index (κ3) is 1.44. The summed E-state index contributed by atoms with van der Waals surface area (Å²) in [7, 11) is 0. The van der Waals surface area contributed by atoms with Crippen LogP contribution in [0.3, 0.4) is 0 Å². The van der Waals surface area contributed by atoms with E-state index in [9.17, 15) is 0 Å². The van der Waals surface area contributed by atoms with Gasteiger partial charge in [-0.1, -0.05) is 0 Å². The van der Waals surface area contributed by atoms with Gasteiger partial charge < -0.3 is 5.73 Å². The van der Waals surface area contributed by atoms with Gasteiger partial charge in [-0.2, -0.15) is 0 Å². The second-order valence-electron chi connectivity index (χ2n) is 3.19. The predicted molar refractivity (Wildman–Crippen MR) is 46.5 cm³/mol. The fourth-order valence-electron chi connectivity index (χ4n) is 1.18. The second-order valence-corrected chi connectivity index (χ2v) is 4.08. The minimum absolute atomic E-state index is 0.216. The highest BCUT2D eigenvalue weighted by Gasteiger charge is 2.30. The van der Waals surface area contributed by atoms with Crippen LogP contribution in [0.4, 0.5) is 0 Å². The van der Waals surface area contributed by atoms with Gasteiger partial charge in [0.15, 0.2) is 0 Å². The van der Waals surface area contributed by atoms with Gasteiger partial charge in [-0.05, 0) is 25.7 Å². The Kier molecular flexibility index (Phi) is 1.69. The lowest BCUT2D eigenvalue weighted by Gasteiger charge is -2.03. The highest BCUT2D eigenvalue weighted by Crippen LogP contribution is 2.40. The molecule has 1 aliphatic carbocycles.